The lowest BCUT2D eigenvalue weighted by molar-refractivity contribution is 0.413. The zero-order valence-electron chi connectivity index (χ0n) is 11.4. The number of benzene rings is 2. The standard InChI is InChI=1S/C15H14N2O3S/c1-20-14-8-11(6-7-12(14)9-16)10-21(18,19)15-5-3-2-4-13(15)17/h2-8H,10,17H2,1H3. The van der Waals surface area contributed by atoms with Crippen LogP contribution in [0.3, 0.4) is 0 Å². The molecule has 2 N–H and O–H groups in total. The first-order chi connectivity index (χ1) is 9.97. The average Bonchev–Trinajstić information content (AvgIpc) is 2.47. The van der Waals surface area contributed by atoms with Crippen molar-refractivity contribution in [3.05, 3.63) is 53.6 Å². The normalized spacial score (nSPS) is 10.9. The number of rotatable bonds is 4. The summed E-state index contributed by atoms with van der Waals surface area (Å²) < 4.78 is 29.9. The minimum absolute atomic E-state index is 0.105. The second kappa shape index (κ2) is 5.85. The van der Waals surface area contributed by atoms with Gasteiger partial charge in [0.2, 0.25) is 0 Å². The molecule has 0 aliphatic heterocycles. The summed E-state index contributed by atoms with van der Waals surface area (Å²) in [4.78, 5) is 0.105. The number of nitrogens with zero attached hydrogens (tertiary/aromatic N) is 1. The van der Waals surface area contributed by atoms with Gasteiger partial charge in [-0.3, -0.25) is 0 Å². The van der Waals surface area contributed by atoms with Gasteiger partial charge in [-0.1, -0.05) is 18.2 Å². The van der Waals surface area contributed by atoms with Gasteiger partial charge in [0.25, 0.3) is 0 Å². The van der Waals surface area contributed by atoms with Gasteiger partial charge < -0.3 is 10.5 Å². The Bertz CT molecular complexity index is 808. The molecule has 6 heteroatoms. The summed E-state index contributed by atoms with van der Waals surface area (Å²) >= 11 is 0. The molecule has 0 saturated heterocycles. The Labute approximate surface area is 123 Å². The highest BCUT2D eigenvalue weighted by atomic mass is 32.2. The Kier molecular flexibility index (Phi) is 4.15. The molecule has 108 valence electrons. The van der Waals surface area contributed by atoms with Gasteiger partial charge in [-0.2, -0.15) is 5.26 Å². The van der Waals surface area contributed by atoms with E-state index in [0.717, 1.165) is 0 Å². The van der Waals surface area contributed by atoms with Crippen molar-refractivity contribution < 1.29 is 13.2 Å². The fourth-order valence-corrected chi connectivity index (χ4v) is 3.47. The monoisotopic (exact) mass is 302 g/mol. The first kappa shape index (κ1) is 14.9. The van der Waals surface area contributed by atoms with E-state index < -0.39 is 9.84 Å². The zero-order valence-corrected chi connectivity index (χ0v) is 12.2. The summed E-state index contributed by atoms with van der Waals surface area (Å²) in [5.41, 5.74) is 6.83. The molecule has 2 rings (SSSR count). The van der Waals surface area contributed by atoms with Crippen LogP contribution in [0.15, 0.2) is 47.4 Å². The van der Waals surface area contributed by atoms with E-state index in [9.17, 15) is 8.42 Å². The molecular formula is C15H14N2O3S. The summed E-state index contributed by atoms with van der Waals surface area (Å²) in [5, 5.41) is 8.92. The molecule has 0 aromatic heterocycles. The van der Waals surface area contributed by atoms with Crippen LogP contribution in [0, 0.1) is 11.3 Å². The van der Waals surface area contributed by atoms with Gasteiger partial charge in [0.15, 0.2) is 9.84 Å². The number of para-hydroxylation sites is 1. The lowest BCUT2D eigenvalue weighted by Gasteiger charge is -2.09. The molecule has 5 nitrogen and oxygen atoms in total. The molecule has 0 fully saturated rings. The van der Waals surface area contributed by atoms with E-state index in [1.165, 1.54) is 19.2 Å². The highest BCUT2D eigenvalue weighted by Crippen LogP contribution is 2.25. The summed E-state index contributed by atoms with van der Waals surface area (Å²) in [6.07, 6.45) is 0. The van der Waals surface area contributed by atoms with E-state index >= 15 is 0 Å². The van der Waals surface area contributed by atoms with Gasteiger partial charge in [0, 0.05) is 0 Å². The molecule has 0 spiro atoms. The van der Waals surface area contributed by atoms with E-state index in [2.05, 4.69) is 0 Å². The van der Waals surface area contributed by atoms with Crippen LogP contribution in [0.2, 0.25) is 0 Å². The van der Waals surface area contributed by atoms with Crippen LogP contribution in [0.5, 0.6) is 5.75 Å². The molecule has 0 bridgehead atoms. The number of hydrogen-bond acceptors (Lipinski definition) is 5. The van der Waals surface area contributed by atoms with Gasteiger partial charge in [-0.05, 0) is 29.8 Å². The highest BCUT2D eigenvalue weighted by Gasteiger charge is 2.18. The van der Waals surface area contributed by atoms with Crippen LogP contribution in [0.4, 0.5) is 5.69 Å². The molecule has 0 radical (unpaired) electrons. The Balaban J connectivity index is 2.38. The number of hydrogen-bond donors (Lipinski definition) is 1. The number of methoxy groups -OCH3 is 1. The predicted octanol–water partition coefficient (Wildman–Crippen LogP) is 2.12. The third-order valence-electron chi connectivity index (χ3n) is 3.00. The Hall–Kier alpha value is -2.52. The number of anilines is 1. The van der Waals surface area contributed by atoms with Crippen molar-refractivity contribution in [2.45, 2.75) is 10.6 Å². The summed E-state index contributed by atoms with van der Waals surface area (Å²) in [6.45, 7) is 0. The molecule has 0 aliphatic rings. The van der Waals surface area contributed by atoms with Crippen LogP contribution in [-0.2, 0) is 15.6 Å². The van der Waals surface area contributed by atoms with Crippen molar-refractivity contribution >= 4 is 15.5 Å². The van der Waals surface area contributed by atoms with E-state index in [1.54, 1.807) is 30.3 Å². The minimum Gasteiger partial charge on any atom is -0.495 e. The summed E-state index contributed by atoms with van der Waals surface area (Å²) in [5.74, 6) is 0.148. The molecule has 0 heterocycles. The van der Waals surface area contributed by atoms with Crippen LogP contribution >= 0.6 is 0 Å². The number of nitrogen functional groups attached to an aromatic ring is 1. The Morgan fingerprint density at radius 3 is 2.57 bits per heavy atom. The smallest absolute Gasteiger partial charge is 0.184 e. The molecule has 2 aromatic carbocycles. The number of nitrogens with two attached hydrogens (primary N) is 1. The Morgan fingerprint density at radius 2 is 1.95 bits per heavy atom. The maximum atomic E-state index is 12.4. The molecule has 0 unspecified atom stereocenters. The first-order valence-electron chi connectivity index (χ1n) is 6.12. The topological polar surface area (TPSA) is 93.2 Å². The van der Waals surface area contributed by atoms with Crippen molar-refractivity contribution in [2.24, 2.45) is 0 Å². The van der Waals surface area contributed by atoms with Crippen LogP contribution in [0.1, 0.15) is 11.1 Å². The quantitative estimate of drug-likeness (QED) is 0.873. The largest absolute Gasteiger partial charge is 0.495 e. The molecule has 0 amide bonds. The molecule has 0 atom stereocenters. The number of sulfone groups is 1. The zero-order chi connectivity index (χ0) is 15.5. The fraction of sp³-hybridized carbons (Fsp3) is 0.133. The SMILES string of the molecule is COc1cc(CS(=O)(=O)c2ccccc2N)ccc1C#N. The van der Waals surface area contributed by atoms with E-state index in [4.69, 9.17) is 15.7 Å². The van der Waals surface area contributed by atoms with Crippen LogP contribution in [0.25, 0.3) is 0 Å². The van der Waals surface area contributed by atoms with Gasteiger partial charge in [-0.15, -0.1) is 0 Å². The third kappa shape index (κ3) is 3.15. The second-order valence-electron chi connectivity index (χ2n) is 4.44. The first-order valence-corrected chi connectivity index (χ1v) is 7.77. The maximum absolute atomic E-state index is 12.4. The predicted molar refractivity (Wildman–Crippen MR) is 79.5 cm³/mol. The van der Waals surface area contributed by atoms with E-state index in [-0.39, 0.29) is 16.3 Å². The van der Waals surface area contributed by atoms with E-state index in [0.29, 0.717) is 16.9 Å². The van der Waals surface area contributed by atoms with Crippen molar-refractivity contribution in [2.75, 3.05) is 12.8 Å². The molecule has 0 saturated carbocycles. The maximum Gasteiger partial charge on any atom is 0.184 e. The minimum atomic E-state index is -3.55. The molecular weight excluding hydrogens is 288 g/mol. The van der Waals surface area contributed by atoms with Crippen LogP contribution < -0.4 is 10.5 Å². The molecule has 21 heavy (non-hydrogen) atoms. The lowest BCUT2D eigenvalue weighted by atomic mass is 10.1. The number of ether oxygens (including phenoxy) is 1. The van der Waals surface area contributed by atoms with Crippen molar-refractivity contribution in [3.63, 3.8) is 0 Å². The van der Waals surface area contributed by atoms with Crippen molar-refractivity contribution in [1.82, 2.24) is 0 Å². The summed E-state index contributed by atoms with van der Waals surface area (Å²) in [7, 11) is -2.12. The third-order valence-corrected chi connectivity index (χ3v) is 4.75. The average molecular weight is 302 g/mol. The van der Waals surface area contributed by atoms with Crippen molar-refractivity contribution in [3.8, 4) is 11.8 Å². The Morgan fingerprint density at radius 1 is 1.24 bits per heavy atom. The lowest BCUT2D eigenvalue weighted by Crippen LogP contribution is -2.08. The number of nitriles is 1. The summed E-state index contributed by atoms with van der Waals surface area (Å²) in [6, 6.07) is 13.0. The second-order valence-corrected chi connectivity index (χ2v) is 6.40. The van der Waals surface area contributed by atoms with Gasteiger partial charge in [0.05, 0.1) is 29.0 Å². The highest BCUT2D eigenvalue weighted by molar-refractivity contribution is 7.90. The molecule has 0 aliphatic carbocycles. The van der Waals surface area contributed by atoms with Gasteiger partial charge in [0.1, 0.15) is 11.8 Å². The fourth-order valence-electron chi connectivity index (χ4n) is 1.98. The van der Waals surface area contributed by atoms with Gasteiger partial charge >= 0.3 is 0 Å². The molecule has 2 aromatic rings. The van der Waals surface area contributed by atoms with E-state index in [1.807, 2.05) is 6.07 Å². The van der Waals surface area contributed by atoms with Gasteiger partial charge in [-0.25, -0.2) is 8.42 Å². The van der Waals surface area contributed by atoms with Crippen molar-refractivity contribution in [1.29, 1.82) is 5.26 Å². The van der Waals surface area contributed by atoms with Crippen LogP contribution in [-0.4, -0.2) is 15.5 Å².